The normalized spacial score (nSPS) is 15.1. The van der Waals surface area contributed by atoms with Crippen LogP contribution in [0, 0.1) is 5.41 Å². The van der Waals surface area contributed by atoms with Crippen molar-refractivity contribution in [1.29, 1.82) is 0 Å². The van der Waals surface area contributed by atoms with Gasteiger partial charge in [-0.15, -0.1) is 18.3 Å². The summed E-state index contributed by atoms with van der Waals surface area (Å²) in [6.07, 6.45) is 2.11. The molecular weight excluding hydrogens is 384 g/mol. The molecular formula is C23H26N2O3S. The lowest BCUT2D eigenvalue weighted by Gasteiger charge is -2.27. The molecule has 152 valence electrons. The van der Waals surface area contributed by atoms with Gasteiger partial charge in [-0.3, -0.25) is 9.59 Å². The van der Waals surface area contributed by atoms with Crippen LogP contribution in [0.1, 0.15) is 20.3 Å². The lowest BCUT2D eigenvalue weighted by Crippen LogP contribution is -2.42. The Hall–Kier alpha value is -2.73. The minimum Gasteiger partial charge on any atom is -0.490 e. The third kappa shape index (κ3) is 5.21. The van der Waals surface area contributed by atoms with Crippen molar-refractivity contribution in [3.8, 4) is 5.75 Å². The molecule has 1 heterocycles. The van der Waals surface area contributed by atoms with Crippen molar-refractivity contribution < 1.29 is 14.3 Å². The van der Waals surface area contributed by atoms with E-state index < -0.39 is 5.41 Å². The van der Waals surface area contributed by atoms with Crippen LogP contribution >= 0.6 is 11.8 Å². The second-order valence-corrected chi connectivity index (χ2v) is 8.69. The molecule has 1 aliphatic heterocycles. The highest BCUT2D eigenvalue weighted by Crippen LogP contribution is 2.38. The van der Waals surface area contributed by atoms with Gasteiger partial charge in [-0.05, 0) is 38.1 Å². The predicted octanol–water partition coefficient (Wildman–Crippen LogP) is 4.75. The molecule has 6 heteroatoms. The van der Waals surface area contributed by atoms with Crippen LogP contribution in [0.15, 0.2) is 66.1 Å². The van der Waals surface area contributed by atoms with Gasteiger partial charge in [0.05, 0.1) is 11.1 Å². The van der Waals surface area contributed by atoms with Crippen LogP contribution in [0.25, 0.3) is 0 Å². The number of carbonyl (C=O) groups excluding carboxylic acids is 2. The van der Waals surface area contributed by atoms with Crippen LogP contribution in [-0.2, 0) is 9.59 Å². The Balaban J connectivity index is 1.66. The summed E-state index contributed by atoms with van der Waals surface area (Å²) in [5, 5.41) is 2.92. The van der Waals surface area contributed by atoms with Crippen LogP contribution in [0.3, 0.4) is 0 Å². The summed E-state index contributed by atoms with van der Waals surface area (Å²) >= 11 is 1.65. The van der Waals surface area contributed by atoms with Crippen molar-refractivity contribution in [2.45, 2.75) is 25.2 Å². The van der Waals surface area contributed by atoms with Crippen LogP contribution in [0.2, 0.25) is 0 Å². The number of hydrogen-bond donors (Lipinski definition) is 1. The van der Waals surface area contributed by atoms with Crippen LogP contribution in [0.5, 0.6) is 5.75 Å². The Labute approximate surface area is 176 Å². The lowest BCUT2D eigenvalue weighted by molar-refractivity contribution is -0.127. The fourth-order valence-electron chi connectivity index (χ4n) is 3.04. The van der Waals surface area contributed by atoms with E-state index >= 15 is 0 Å². The quantitative estimate of drug-likeness (QED) is 0.529. The second-order valence-electron chi connectivity index (χ2n) is 7.52. The van der Waals surface area contributed by atoms with Gasteiger partial charge in [0.2, 0.25) is 11.8 Å². The van der Waals surface area contributed by atoms with E-state index in [1.54, 1.807) is 34.9 Å². The van der Waals surface area contributed by atoms with Gasteiger partial charge in [0.15, 0.2) is 0 Å². The topological polar surface area (TPSA) is 58.6 Å². The summed E-state index contributed by atoms with van der Waals surface area (Å²) in [6.45, 7) is 8.16. The molecule has 29 heavy (non-hydrogen) atoms. The summed E-state index contributed by atoms with van der Waals surface area (Å²) in [5.41, 5.74) is 0.711. The Kier molecular flexibility index (Phi) is 6.64. The molecule has 0 aromatic heterocycles. The second kappa shape index (κ2) is 9.18. The van der Waals surface area contributed by atoms with E-state index in [0.717, 1.165) is 4.90 Å². The summed E-state index contributed by atoms with van der Waals surface area (Å²) in [4.78, 5) is 28.0. The number of nitrogens with one attached hydrogen (secondary N) is 1. The molecule has 5 nitrogen and oxygen atoms in total. The van der Waals surface area contributed by atoms with E-state index in [-0.39, 0.29) is 18.4 Å². The molecule has 0 aliphatic carbocycles. The predicted molar refractivity (Wildman–Crippen MR) is 119 cm³/mol. The number of anilines is 2. The number of rotatable bonds is 7. The molecule has 2 aromatic rings. The van der Waals surface area contributed by atoms with Crippen LogP contribution in [0.4, 0.5) is 11.4 Å². The first-order valence-electron chi connectivity index (χ1n) is 9.58. The molecule has 0 saturated carbocycles. The highest BCUT2D eigenvalue weighted by molar-refractivity contribution is 7.99. The Morgan fingerprint density at radius 3 is 2.76 bits per heavy atom. The van der Waals surface area contributed by atoms with Gasteiger partial charge in [0, 0.05) is 35.4 Å². The number of thioether (sulfide) groups is 1. The zero-order valence-electron chi connectivity index (χ0n) is 16.8. The van der Waals surface area contributed by atoms with Crippen molar-refractivity contribution in [3.05, 3.63) is 61.2 Å². The first-order valence-corrected chi connectivity index (χ1v) is 10.6. The fourth-order valence-corrected chi connectivity index (χ4v) is 3.91. The number of hydrogen-bond acceptors (Lipinski definition) is 4. The van der Waals surface area contributed by atoms with E-state index in [0.29, 0.717) is 35.8 Å². The third-order valence-corrected chi connectivity index (χ3v) is 5.61. The molecule has 2 amide bonds. The average Bonchev–Trinajstić information content (AvgIpc) is 2.79. The fraction of sp³-hybridized carbons (Fsp3) is 0.304. The van der Waals surface area contributed by atoms with Gasteiger partial charge < -0.3 is 15.0 Å². The van der Waals surface area contributed by atoms with Gasteiger partial charge in [-0.2, -0.15) is 0 Å². The molecule has 1 N–H and O–H groups in total. The third-order valence-electron chi connectivity index (χ3n) is 4.60. The number of nitrogens with zero attached hydrogens (tertiary/aromatic N) is 1. The molecule has 0 saturated heterocycles. The summed E-state index contributed by atoms with van der Waals surface area (Å²) in [6, 6.07) is 15.4. The van der Waals surface area contributed by atoms with Gasteiger partial charge in [0.1, 0.15) is 12.4 Å². The Bertz CT molecular complexity index is 896. The molecule has 0 bridgehead atoms. The largest absolute Gasteiger partial charge is 0.490 e. The van der Waals surface area contributed by atoms with Gasteiger partial charge in [-0.1, -0.05) is 24.3 Å². The first kappa shape index (κ1) is 21.0. The van der Waals surface area contributed by atoms with E-state index in [1.807, 2.05) is 50.2 Å². The van der Waals surface area contributed by atoms with Crippen molar-refractivity contribution in [1.82, 2.24) is 0 Å². The lowest BCUT2D eigenvalue weighted by atomic mass is 9.93. The average molecular weight is 411 g/mol. The zero-order chi connectivity index (χ0) is 20.9. The first-order chi connectivity index (χ1) is 13.9. The number of ether oxygens (including phenoxy) is 1. The minimum absolute atomic E-state index is 0.00845. The molecule has 2 aromatic carbocycles. The highest BCUT2D eigenvalue weighted by Gasteiger charge is 2.37. The Morgan fingerprint density at radius 2 is 2.03 bits per heavy atom. The summed E-state index contributed by atoms with van der Waals surface area (Å²) < 4.78 is 5.92. The minimum atomic E-state index is -0.639. The number of benzene rings is 2. The maximum atomic E-state index is 12.8. The maximum Gasteiger partial charge on any atom is 0.236 e. The van der Waals surface area contributed by atoms with E-state index in [1.165, 1.54) is 0 Å². The van der Waals surface area contributed by atoms with Crippen LogP contribution < -0.4 is 15.0 Å². The van der Waals surface area contributed by atoms with E-state index in [9.17, 15) is 9.59 Å². The molecule has 0 spiro atoms. The van der Waals surface area contributed by atoms with Gasteiger partial charge >= 0.3 is 0 Å². The molecule has 0 unspecified atom stereocenters. The zero-order valence-corrected chi connectivity index (χ0v) is 17.6. The van der Waals surface area contributed by atoms with E-state index in [2.05, 4.69) is 11.9 Å². The van der Waals surface area contributed by atoms with Crippen molar-refractivity contribution in [2.75, 3.05) is 29.1 Å². The molecule has 0 fully saturated rings. The monoisotopic (exact) mass is 410 g/mol. The van der Waals surface area contributed by atoms with E-state index in [4.69, 9.17) is 4.74 Å². The number of amides is 2. The molecule has 1 aliphatic rings. The van der Waals surface area contributed by atoms with Crippen molar-refractivity contribution >= 4 is 35.0 Å². The number of carbonyl (C=O) groups is 2. The Morgan fingerprint density at radius 1 is 1.28 bits per heavy atom. The molecule has 3 rings (SSSR count). The maximum absolute atomic E-state index is 12.8. The summed E-state index contributed by atoms with van der Waals surface area (Å²) in [5.74, 6) is 1.22. The SMILES string of the molecule is C=CCN1C(=O)C(C)(C)COc2cc(NC(=O)CCSc3ccccc3)ccc21. The highest BCUT2D eigenvalue weighted by atomic mass is 32.2. The van der Waals surface area contributed by atoms with Crippen molar-refractivity contribution in [3.63, 3.8) is 0 Å². The smallest absolute Gasteiger partial charge is 0.236 e. The molecule has 0 radical (unpaired) electrons. The van der Waals surface area contributed by atoms with Crippen LogP contribution in [-0.4, -0.2) is 30.7 Å². The standard InChI is InChI=1S/C23H26N2O3S/c1-4-13-25-19-11-10-17(15-20(19)28-16-23(2,3)22(25)27)24-21(26)12-14-29-18-8-6-5-7-9-18/h4-11,15H,1,12-14,16H2,2-3H3,(H,24,26). The number of fused-ring (bicyclic) bond motifs is 1. The molecule has 0 atom stereocenters. The van der Waals surface area contributed by atoms with Gasteiger partial charge in [-0.25, -0.2) is 0 Å². The van der Waals surface area contributed by atoms with Crippen molar-refractivity contribution in [2.24, 2.45) is 5.41 Å². The summed E-state index contributed by atoms with van der Waals surface area (Å²) in [7, 11) is 0. The van der Waals surface area contributed by atoms with Gasteiger partial charge in [0.25, 0.3) is 0 Å².